The number of ether oxygens (including phenoxy) is 2. The lowest BCUT2D eigenvalue weighted by Gasteiger charge is -2.21. The maximum absolute atomic E-state index is 10.6. The van der Waals surface area contributed by atoms with Crippen molar-refractivity contribution in [3.05, 3.63) is 0 Å². The van der Waals surface area contributed by atoms with E-state index in [9.17, 15) is 9.90 Å². The first-order valence-electron chi connectivity index (χ1n) is 5.46. The number of aliphatic hydroxyl groups is 1. The first kappa shape index (κ1) is 12.5. The van der Waals surface area contributed by atoms with Crippen LogP contribution in [0.4, 0.5) is 0 Å². The van der Waals surface area contributed by atoms with Gasteiger partial charge in [-0.3, -0.25) is 4.79 Å². The average molecular weight is 216 g/mol. The highest BCUT2D eigenvalue weighted by atomic mass is 16.6. The number of hydrogen-bond donors (Lipinski definition) is 1. The lowest BCUT2D eigenvalue weighted by atomic mass is 9.95. The molecule has 1 saturated heterocycles. The Bertz CT molecular complexity index is 217. The normalized spacial score (nSPS) is 29.9. The third-order valence-electron chi connectivity index (χ3n) is 2.74. The zero-order valence-corrected chi connectivity index (χ0v) is 9.60. The van der Waals surface area contributed by atoms with Crippen LogP contribution in [0.25, 0.3) is 0 Å². The van der Waals surface area contributed by atoms with Gasteiger partial charge in [-0.05, 0) is 18.3 Å². The van der Waals surface area contributed by atoms with E-state index in [0.717, 1.165) is 13.0 Å². The number of rotatable bonds is 4. The summed E-state index contributed by atoms with van der Waals surface area (Å²) in [4.78, 5) is 10.6. The minimum atomic E-state index is -1.00. The molecule has 1 N–H and O–H groups in total. The first-order valence-corrected chi connectivity index (χ1v) is 5.46. The van der Waals surface area contributed by atoms with E-state index in [1.165, 1.54) is 6.92 Å². The minimum Gasteiger partial charge on any atom is -0.436 e. The van der Waals surface area contributed by atoms with Crippen molar-refractivity contribution in [1.82, 2.24) is 0 Å². The Labute approximate surface area is 90.6 Å². The van der Waals surface area contributed by atoms with E-state index in [1.54, 1.807) is 0 Å². The monoisotopic (exact) mass is 216 g/mol. The summed E-state index contributed by atoms with van der Waals surface area (Å²) in [5, 5.41) is 9.42. The highest BCUT2D eigenvalue weighted by Gasteiger charge is 2.28. The molecule has 1 aliphatic rings. The summed E-state index contributed by atoms with van der Waals surface area (Å²) in [6.45, 7) is 6.24. The molecule has 0 amide bonds. The van der Waals surface area contributed by atoms with Crippen LogP contribution < -0.4 is 0 Å². The second kappa shape index (κ2) is 5.47. The molecule has 0 spiro atoms. The van der Waals surface area contributed by atoms with E-state index in [1.807, 2.05) is 6.92 Å². The third kappa shape index (κ3) is 4.18. The van der Waals surface area contributed by atoms with E-state index in [2.05, 4.69) is 11.7 Å². The van der Waals surface area contributed by atoms with Gasteiger partial charge in [-0.1, -0.05) is 13.8 Å². The van der Waals surface area contributed by atoms with Crippen molar-refractivity contribution in [2.24, 2.45) is 11.8 Å². The van der Waals surface area contributed by atoms with E-state index in [-0.39, 0.29) is 12.0 Å². The van der Waals surface area contributed by atoms with Gasteiger partial charge in [0.25, 0.3) is 0 Å². The van der Waals surface area contributed by atoms with Crippen molar-refractivity contribution >= 4 is 5.97 Å². The Morgan fingerprint density at radius 3 is 2.80 bits per heavy atom. The molecule has 4 unspecified atom stereocenters. The van der Waals surface area contributed by atoms with Gasteiger partial charge in [0.2, 0.25) is 6.29 Å². The van der Waals surface area contributed by atoms with Gasteiger partial charge in [0.1, 0.15) is 0 Å². The zero-order valence-electron chi connectivity index (χ0n) is 9.60. The zero-order chi connectivity index (χ0) is 11.4. The second-order valence-corrected chi connectivity index (χ2v) is 4.49. The standard InChI is InChI=1S/C11H20O4/c1-7-4-10(14-6-7)8(2)5-11(13)15-9(3)12/h7-8,10-11,13H,4-6H2,1-3H3. The number of aliphatic hydroxyl groups excluding tert-OH is 1. The quantitative estimate of drug-likeness (QED) is 0.569. The van der Waals surface area contributed by atoms with Crippen molar-refractivity contribution in [2.45, 2.75) is 46.0 Å². The molecule has 4 nitrogen and oxygen atoms in total. The molecular weight excluding hydrogens is 196 g/mol. The highest BCUT2D eigenvalue weighted by molar-refractivity contribution is 5.65. The SMILES string of the molecule is CC(=O)OC(O)CC(C)C1CC(C)CO1. The van der Waals surface area contributed by atoms with E-state index < -0.39 is 12.3 Å². The Morgan fingerprint density at radius 2 is 2.33 bits per heavy atom. The fraction of sp³-hybridized carbons (Fsp3) is 0.909. The summed E-state index contributed by atoms with van der Waals surface area (Å²) in [6.07, 6.45) is 0.646. The molecule has 1 fully saturated rings. The van der Waals surface area contributed by atoms with Gasteiger partial charge < -0.3 is 14.6 Å². The lowest BCUT2D eigenvalue weighted by Crippen LogP contribution is -2.25. The summed E-state index contributed by atoms with van der Waals surface area (Å²) >= 11 is 0. The van der Waals surface area contributed by atoms with Gasteiger partial charge in [0.15, 0.2) is 0 Å². The average Bonchev–Trinajstić information content (AvgIpc) is 2.49. The first-order chi connectivity index (χ1) is 6.99. The molecule has 0 aromatic rings. The fourth-order valence-electron chi connectivity index (χ4n) is 1.93. The van der Waals surface area contributed by atoms with Crippen molar-refractivity contribution in [3.63, 3.8) is 0 Å². The molecule has 4 atom stereocenters. The molecule has 1 aliphatic heterocycles. The molecule has 15 heavy (non-hydrogen) atoms. The van der Waals surface area contributed by atoms with E-state index in [0.29, 0.717) is 12.3 Å². The maximum Gasteiger partial charge on any atom is 0.304 e. The minimum absolute atomic E-state index is 0.185. The predicted octanol–water partition coefficient (Wildman–Crippen LogP) is 1.32. The van der Waals surface area contributed by atoms with Crippen molar-refractivity contribution in [3.8, 4) is 0 Å². The van der Waals surface area contributed by atoms with Crippen LogP contribution in [0.1, 0.15) is 33.6 Å². The molecule has 0 radical (unpaired) electrons. The van der Waals surface area contributed by atoms with Gasteiger partial charge in [-0.2, -0.15) is 0 Å². The van der Waals surface area contributed by atoms with Crippen LogP contribution in [0, 0.1) is 11.8 Å². The summed E-state index contributed by atoms with van der Waals surface area (Å²) in [7, 11) is 0. The molecule has 0 bridgehead atoms. The summed E-state index contributed by atoms with van der Waals surface area (Å²) in [5.41, 5.74) is 0. The van der Waals surface area contributed by atoms with Crippen LogP contribution >= 0.6 is 0 Å². The van der Waals surface area contributed by atoms with Crippen LogP contribution in [0.2, 0.25) is 0 Å². The van der Waals surface area contributed by atoms with Crippen LogP contribution in [-0.2, 0) is 14.3 Å². The highest BCUT2D eigenvalue weighted by Crippen LogP contribution is 2.27. The van der Waals surface area contributed by atoms with Crippen LogP contribution in [0.5, 0.6) is 0 Å². The second-order valence-electron chi connectivity index (χ2n) is 4.49. The van der Waals surface area contributed by atoms with Crippen LogP contribution in [0.3, 0.4) is 0 Å². The Kier molecular flexibility index (Phi) is 4.54. The molecular formula is C11H20O4. The topological polar surface area (TPSA) is 55.8 Å². The molecule has 0 aliphatic carbocycles. The van der Waals surface area contributed by atoms with Gasteiger partial charge in [0.05, 0.1) is 6.10 Å². The van der Waals surface area contributed by atoms with Crippen molar-refractivity contribution in [2.75, 3.05) is 6.61 Å². The van der Waals surface area contributed by atoms with Gasteiger partial charge >= 0.3 is 5.97 Å². The van der Waals surface area contributed by atoms with Crippen LogP contribution in [0.15, 0.2) is 0 Å². The Morgan fingerprint density at radius 1 is 1.67 bits per heavy atom. The van der Waals surface area contributed by atoms with E-state index in [4.69, 9.17) is 4.74 Å². The lowest BCUT2D eigenvalue weighted by molar-refractivity contribution is -0.168. The Hall–Kier alpha value is -0.610. The molecule has 88 valence electrons. The van der Waals surface area contributed by atoms with Crippen molar-refractivity contribution < 1.29 is 19.4 Å². The molecule has 0 aromatic carbocycles. The molecule has 1 rings (SSSR count). The maximum atomic E-state index is 10.6. The van der Waals surface area contributed by atoms with Gasteiger partial charge in [-0.15, -0.1) is 0 Å². The molecule has 0 saturated carbocycles. The Balaban J connectivity index is 2.28. The molecule has 1 heterocycles. The molecule has 4 heteroatoms. The van der Waals surface area contributed by atoms with Gasteiger partial charge in [-0.25, -0.2) is 0 Å². The van der Waals surface area contributed by atoms with Crippen molar-refractivity contribution in [1.29, 1.82) is 0 Å². The summed E-state index contributed by atoms with van der Waals surface area (Å²) in [5.74, 6) is 0.350. The predicted molar refractivity (Wildman–Crippen MR) is 55.1 cm³/mol. The number of esters is 1. The fourth-order valence-corrected chi connectivity index (χ4v) is 1.93. The molecule has 0 aromatic heterocycles. The summed E-state index contributed by atoms with van der Waals surface area (Å²) in [6, 6.07) is 0. The van der Waals surface area contributed by atoms with E-state index >= 15 is 0 Å². The number of hydrogen-bond acceptors (Lipinski definition) is 4. The van der Waals surface area contributed by atoms with Gasteiger partial charge in [0, 0.05) is 20.0 Å². The van der Waals surface area contributed by atoms with Crippen LogP contribution in [-0.4, -0.2) is 30.1 Å². The summed E-state index contributed by atoms with van der Waals surface area (Å²) < 4.78 is 10.2. The number of carbonyl (C=O) groups is 1. The smallest absolute Gasteiger partial charge is 0.304 e. The number of carbonyl (C=O) groups excluding carboxylic acids is 1. The third-order valence-corrected chi connectivity index (χ3v) is 2.74. The largest absolute Gasteiger partial charge is 0.436 e.